The SMILES string of the molecule is COc1cc(/C=N\NC(=O)c2ccc3ccccc3c2)ccc1OC(C)=O. The molecule has 3 rings (SSSR count). The Balaban J connectivity index is 1.70. The summed E-state index contributed by atoms with van der Waals surface area (Å²) >= 11 is 0. The number of carbonyl (C=O) groups is 2. The molecule has 1 amide bonds. The lowest BCUT2D eigenvalue weighted by Gasteiger charge is -2.08. The molecule has 136 valence electrons. The van der Waals surface area contributed by atoms with Crippen molar-refractivity contribution in [3.05, 3.63) is 71.8 Å². The van der Waals surface area contributed by atoms with Gasteiger partial charge in [0.15, 0.2) is 11.5 Å². The van der Waals surface area contributed by atoms with E-state index in [9.17, 15) is 9.59 Å². The lowest BCUT2D eigenvalue weighted by Crippen LogP contribution is -2.17. The predicted molar refractivity (Wildman–Crippen MR) is 103 cm³/mol. The minimum absolute atomic E-state index is 0.305. The van der Waals surface area contributed by atoms with Gasteiger partial charge in [-0.2, -0.15) is 5.10 Å². The highest BCUT2D eigenvalue weighted by Crippen LogP contribution is 2.27. The van der Waals surface area contributed by atoms with Gasteiger partial charge in [0.25, 0.3) is 5.91 Å². The number of nitrogens with zero attached hydrogens (tertiary/aromatic N) is 1. The van der Waals surface area contributed by atoms with Gasteiger partial charge in [0.2, 0.25) is 0 Å². The molecule has 0 radical (unpaired) electrons. The van der Waals surface area contributed by atoms with Gasteiger partial charge in [-0.1, -0.05) is 30.3 Å². The number of ether oxygens (including phenoxy) is 2. The van der Waals surface area contributed by atoms with Crippen LogP contribution in [0.2, 0.25) is 0 Å². The Labute approximate surface area is 156 Å². The number of carbonyl (C=O) groups excluding carboxylic acids is 2. The van der Waals surface area contributed by atoms with E-state index in [2.05, 4.69) is 10.5 Å². The average Bonchev–Trinajstić information content (AvgIpc) is 2.68. The summed E-state index contributed by atoms with van der Waals surface area (Å²) in [7, 11) is 1.48. The van der Waals surface area contributed by atoms with Gasteiger partial charge in [-0.05, 0) is 46.7 Å². The van der Waals surface area contributed by atoms with Gasteiger partial charge >= 0.3 is 5.97 Å². The number of hydrogen-bond donors (Lipinski definition) is 1. The van der Waals surface area contributed by atoms with E-state index < -0.39 is 5.97 Å². The van der Waals surface area contributed by atoms with Crippen molar-refractivity contribution < 1.29 is 19.1 Å². The van der Waals surface area contributed by atoms with Crippen LogP contribution in [0.5, 0.6) is 11.5 Å². The molecule has 27 heavy (non-hydrogen) atoms. The number of methoxy groups -OCH3 is 1. The third-order valence-electron chi connectivity index (χ3n) is 3.83. The van der Waals surface area contributed by atoms with Gasteiger partial charge in [-0.25, -0.2) is 5.43 Å². The van der Waals surface area contributed by atoms with Crippen LogP contribution in [0.25, 0.3) is 10.8 Å². The van der Waals surface area contributed by atoms with Crippen molar-refractivity contribution >= 4 is 28.9 Å². The molecule has 0 aromatic heterocycles. The third kappa shape index (κ3) is 4.49. The molecule has 0 aliphatic rings. The van der Waals surface area contributed by atoms with Crippen molar-refractivity contribution in [3.63, 3.8) is 0 Å². The first-order valence-corrected chi connectivity index (χ1v) is 8.25. The summed E-state index contributed by atoms with van der Waals surface area (Å²) in [5.41, 5.74) is 3.70. The highest BCUT2D eigenvalue weighted by molar-refractivity contribution is 5.99. The van der Waals surface area contributed by atoms with E-state index in [4.69, 9.17) is 9.47 Å². The Bertz CT molecular complexity index is 1030. The molecule has 0 unspecified atom stereocenters. The minimum atomic E-state index is -0.433. The van der Waals surface area contributed by atoms with Crippen molar-refractivity contribution in [1.82, 2.24) is 5.43 Å². The summed E-state index contributed by atoms with van der Waals surface area (Å²) in [6, 6.07) is 18.2. The van der Waals surface area contributed by atoms with Crippen LogP contribution in [-0.2, 0) is 4.79 Å². The summed E-state index contributed by atoms with van der Waals surface area (Å²) in [5, 5.41) is 6.03. The first kappa shape index (κ1) is 18.1. The first-order chi connectivity index (χ1) is 13.1. The molecule has 0 aliphatic heterocycles. The molecule has 3 aromatic carbocycles. The summed E-state index contributed by atoms with van der Waals surface area (Å²) in [6.07, 6.45) is 1.49. The molecule has 0 spiro atoms. The van der Waals surface area contributed by atoms with Crippen LogP contribution >= 0.6 is 0 Å². The van der Waals surface area contributed by atoms with Gasteiger partial charge in [0.05, 0.1) is 13.3 Å². The van der Waals surface area contributed by atoms with Gasteiger partial charge < -0.3 is 9.47 Å². The van der Waals surface area contributed by atoms with E-state index in [0.717, 1.165) is 10.8 Å². The summed E-state index contributed by atoms with van der Waals surface area (Å²) in [5.74, 6) is -0.0183. The number of fused-ring (bicyclic) bond motifs is 1. The molecule has 6 heteroatoms. The molecule has 0 atom stereocenters. The third-order valence-corrected chi connectivity index (χ3v) is 3.83. The Kier molecular flexibility index (Phi) is 5.47. The standard InChI is InChI=1S/C21H18N2O4/c1-14(24)27-19-10-7-15(11-20(19)26-2)13-22-23-21(25)18-9-8-16-5-3-4-6-17(16)12-18/h3-13H,1-2H3,(H,23,25)/b22-13-. The predicted octanol–water partition coefficient (Wildman–Crippen LogP) is 3.54. The van der Waals surface area contributed by atoms with Gasteiger partial charge in [0.1, 0.15) is 0 Å². The fourth-order valence-electron chi connectivity index (χ4n) is 2.56. The number of amides is 1. The molecule has 0 heterocycles. The number of benzene rings is 3. The molecule has 0 fully saturated rings. The molecule has 3 aromatic rings. The average molecular weight is 362 g/mol. The lowest BCUT2D eigenvalue weighted by atomic mass is 10.1. The topological polar surface area (TPSA) is 77.0 Å². The molecule has 0 saturated carbocycles. The Morgan fingerprint density at radius 3 is 2.48 bits per heavy atom. The van der Waals surface area contributed by atoms with Gasteiger partial charge in [0, 0.05) is 12.5 Å². The molecular weight excluding hydrogens is 344 g/mol. The van der Waals surface area contributed by atoms with Crippen molar-refractivity contribution in [2.75, 3.05) is 7.11 Å². The molecule has 0 saturated heterocycles. The van der Waals surface area contributed by atoms with E-state index in [0.29, 0.717) is 22.6 Å². The van der Waals surface area contributed by atoms with E-state index >= 15 is 0 Å². The van der Waals surface area contributed by atoms with Gasteiger partial charge in [-0.3, -0.25) is 9.59 Å². The van der Waals surface area contributed by atoms with Crippen molar-refractivity contribution in [1.29, 1.82) is 0 Å². The minimum Gasteiger partial charge on any atom is -0.493 e. The van der Waals surface area contributed by atoms with Crippen molar-refractivity contribution in [3.8, 4) is 11.5 Å². The largest absolute Gasteiger partial charge is 0.493 e. The molecule has 6 nitrogen and oxygen atoms in total. The number of esters is 1. The van der Waals surface area contributed by atoms with Crippen LogP contribution in [0.4, 0.5) is 0 Å². The maximum absolute atomic E-state index is 12.3. The van der Waals surface area contributed by atoms with Crippen molar-refractivity contribution in [2.24, 2.45) is 5.10 Å². The quantitative estimate of drug-likeness (QED) is 0.326. The number of nitrogens with one attached hydrogen (secondary N) is 1. The van der Waals surface area contributed by atoms with Crippen LogP contribution in [0, 0.1) is 0 Å². The molecule has 0 bridgehead atoms. The summed E-state index contributed by atoms with van der Waals surface area (Å²) in [6.45, 7) is 1.32. The van der Waals surface area contributed by atoms with Crippen LogP contribution in [0.1, 0.15) is 22.8 Å². The Morgan fingerprint density at radius 1 is 0.963 bits per heavy atom. The maximum Gasteiger partial charge on any atom is 0.308 e. The highest BCUT2D eigenvalue weighted by Gasteiger charge is 2.08. The summed E-state index contributed by atoms with van der Waals surface area (Å²) < 4.78 is 10.2. The lowest BCUT2D eigenvalue weighted by molar-refractivity contribution is -0.132. The second kappa shape index (κ2) is 8.14. The van der Waals surface area contributed by atoms with Crippen LogP contribution < -0.4 is 14.9 Å². The monoisotopic (exact) mass is 362 g/mol. The first-order valence-electron chi connectivity index (χ1n) is 8.25. The number of hydrazone groups is 1. The zero-order chi connectivity index (χ0) is 19.2. The van der Waals surface area contributed by atoms with Crippen LogP contribution in [0.3, 0.4) is 0 Å². The molecular formula is C21H18N2O4. The molecule has 0 aliphatic carbocycles. The van der Waals surface area contributed by atoms with E-state index in [1.54, 1.807) is 24.3 Å². The van der Waals surface area contributed by atoms with E-state index in [1.165, 1.54) is 20.2 Å². The second-order valence-electron chi connectivity index (χ2n) is 5.76. The zero-order valence-electron chi connectivity index (χ0n) is 14.9. The Hall–Kier alpha value is -3.67. The van der Waals surface area contributed by atoms with Crippen LogP contribution in [-0.4, -0.2) is 25.2 Å². The van der Waals surface area contributed by atoms with Crippen LogP contribution in [0.15, 0.2) is 65.8 Å². The number of hydrogen-bond acceptors (Lipinski definition) is 5. The normalized spacial score (nSPS) is 10.7. The maximum atomic E-state index is 12.3. The van der Waals surface area contributed by atoms with E-state index in [1.807, 2.05) is 36.4 Å². The second-order valence-corrected chi connectivity index (χ2v) is 5.76. The highest BCUT2D eigenvalue weighted by atomic mass is 16.6. The summed E-state index contributed by atoms with van der Waals surface area (Å²) in [4.78, 5) is 23.3. The van der Waals surface area contributed by atoms with Gasteiger partial charge in [-0.15, -0.1) is 0 Å². The fourth-order valence-corrected chi connectivity index (χ4v) is 2.56. The fraction of sp³-hybridized carbons (Fsp3) is 0.0952. The smallest absolute Gasteiger partial charge is 0.308 e. The Morgan fingerprint density at radius 2 is 1.74 bits per heavy atom. The zero-order valence-corrected chi connectivity index (χ0v) is 14.9. The van der Waals surface area contributed by atoms with E-state index in [-0.39, 0.29) is 5.91 Å². The van der Waals surface area contributed by atoms with Crippen molar-refractivity contribution in [2.45, 2.75) is 6.92 Å². The number of rotatable bonds is 5. The molecule has 1 N–H and O–H groups in total.